The van der Waals surface area contributed by atoms with Gasteiger partial charge in [0.25, 0.3) is 11.5 Å². The molecular formula is C15H14N4O2S. The molecule has 7 heteroatoms. The maximum Gasteiger partial charge on any atom is 0.259 e. The number of benzene rings is 1. The molecule has 0 aliphatic rings. The normalized spacial score (nSPS) is 10.8. The molecule has 6 nitrogen and oxygen atoms in total. The van der Waals surface area contributed by atoms with E-state index < -0.39 is 5.91 Å². The van der Waals surface area contributed by atoms with Gasteiger partial charge in [-0.15, -0.1) is 11.3 Å². The van der Waals surface area contributed by atoms with E-state index in [4.69, 9.17) is 5.73 Å². The first kappa shape index (κ1) is 14.3. The molecule has 0 aliphatic heterocycles. The van der Waals surface area contributed by atoms with E-state index >= 15 is 0 Å². The van der Waals surface area contributed by atoms with Crippen LogP contribution in [0.5, 0.6) is 0 Å². The molecule has 0 spiro atoms. The molecule has 0 fully saturated rings. The summed E-state index contributed by atoms with van der Waals surface area (Å²) in [6.45, 7) is 2.21. The fourth-order valence-corrected chi connectivity index (χ4v) is 3.12. The van der Waals surface area contributed by atoms with Gasteiger partial charge in [0.1, 0.15) is 0 Å². The second kappa shape index (κ2) is 5.61. The average molecular weight is 314 g/mol. The predicted molar refractivity (Wildman–Crippen MR) is 86.4 cm³/mol. The Hall–Kier alpha value is -2.67. The fourth-order valence-electron chi connectivity index (χ4n) is 2.23. The lowest BCUT2D eigenvalue weighted by molar-refractivity contribution is 0.100. The van der Waals surface area contributed by atoms with Crippen molar-refractivity contribution in [1.82, 2.24) is 9.38 Å². The molecule has 22 heavy (non-hydrogen) atoms. The van der Waals surface area contributed by atoms with Gasteiger partial charge in [-0.1, -0.05) is 12.1 Å². The summed E-state index contributed by atoms with van der Waals surface area (Å²) in [5, 5.41) is 4.99. The molecular weight excluding hydrogens is 300 g/mol. The minimum Gasteiger partial charge on any atom is -0.379 e. The Kier molecular flexibility index (Phi) is 3.64. The van der Waals surface area contributed by atoms with Crippen LogP contribution in [0.1, 0.15) is 21.7 Å². The zero-order chi connectivity index (χ0) is 15.7. The molecule has 1 aromatic carbocycles. The van der Waals surface area contributed by atoms with Gasteiger partial charge in [0.15, 0.2) is 4.96 Å². The van der Waals surface area contributed by atoms with E-state index in [-0.39, 0.29) is 5.56 Å². The van der Waals surface area contributed by atoms with Crippen LogP contribution in [-0.2, 0) is 6.54 Å². The topological polar surface area (TPSA) is 89.5 Å². The average Bonchev–Trinajstić information content (AvgIpc) is 2.87. The van der Waals surface area contributed by atoms with Crippen LogP contribution in [0.3, 0.4) is 0 Å². The van der Waals surface area contributed by atoms with Gasteiger partial charge in [-0.05, 0) is 19.1 Å². The van der Waals surface area contributed by atoms with Crippen molar-refractivity contribution in [3.05, 3.63) is 63.0 Å². The lowest BCUT2D eigenvalue weighted by Gasteiger charge is -2.09. The molecule has 0 saturated carbocycles. The van der Waals surface area contributed by atoms with E-state index in [1.165, 1.54) is 17.4 Å². The third-order valence-electron chi connectivity index (χ3n) is 3.28. The minimum atomic E-state index is -0.500. The van der Waals surface area contributed by atoms with E-state index in [0.717, 1.165) is 5.69 Å². The standard InChI is InChI=1S/C15H14N4O2S/c1-9-8-22-15-18-10(6-13(20)19(9)15)7-17-12-5-3-2-4-11(12)14(16)21/h2-6,8,17H,7H2,1H3,(H2,16,21). The largest absolute Gasteiger partial charge is 0.379 e. The zero-order valence-corrected chi connectivity index (χ0v) is 12.7. The highest BCUT2D eigenvalue weighted by molar-refractivity contribution is 7.15. The molecule has 0 bridgehead atoms. The Labute approximate surface area is 130 Å². The third kappa shape index (κ3) is 2.58. The van der Waals surface area contributed by atoms with Gasteiger partial charge in [-0.25, -0.2) is 4.98 Å². The highest BCUT2D eigenvalue weighted by Crippen LogP contribution is 2.16. The second-order valence-electron chi connectivity index (χ2n) is 4.84. The maximum absolute atomic E-state index is 12.1. The van der Waals surface area contributed by atoms with E-state index in [9.17, 15) is 9.59 Å². The molecule has 0 aliphatic carbocycles. The summed E-state index contributed by atoms with van der Waals surface area (Å²) in [4.78, 5) is 28.6. The summed E-state index contributed by atoms with van der Waals surface area (Å²) in [7, 11) is 0. The van der Waals surface area contributed by atoms with Crippen LogP contribution in [0.25, 0.3) is 4.96 Å². The number of aryl methyl sites for hydroxylation is 1. The molecule has 3 N–H and O–H groups in total. The van der Waals surface area contributed by atoms with Crippen LogP contribution in [0.2, 0.25) is 0 Å². The number of nitrogens with two attached hydrogens (primary N) is 1. The Morgan fingerprint density at radius 3 is 2.95 bits per heavy atom. The number of fused-ring (bicyclic) bond motifs is 1. The first-order chi connectivity index (χ1) is 10.6. The van der Waals surface area contributed by atoms with Crippen molar-refractivity contribution < 1.29 is 4.79 Å². The van der Waals surface area contributed by atoms with Crippen LogP contribution in [0, 0.1) is 6.92 Å². The molecule has 1 amide bonds. The van der Waals surface area contributed by atoms with Crippen molar-refractivity contribution in [3.8, 4) is 0 Å². The molecule has 3 aromatic rings. The van der Waals surface area contributed by atoms with Gasteiger partial charge in [-0.2, -0.15) is 0 Å². The predicted octanol–water partition coefficient (Wildman–Crippen LogP) is 1.78. The van der Waals surface area contributed by atoms with Crippen LogP contribution in [0.15, 0.2) is 40.5 Å². The Morgan fingerprint density at radius 2 is 2.18 bits per heavy atom. The number of anilines is 1. The number of primary amides is 1. The number of para-hydroxylation sites is 1. The van der Waals surface area contributed by atoms with Gasteiger partial charge in [0.05, 0.1) is 17.8 Å². The SMILES string of the molecule is Cc1csc2nc(CNc3ccccc3C(N)=O)cc(=O)n12. The summed E-state index contributed by atoms with van der Waals surface area (Å²) in [6.07, 6.45) is 0. The van der Waals surface area contributed by atoms with E-state index in [1.54, 1.807) is 22.6 Å². The highest BCUT2D eigenvalue weighted by Gasteiger charge is 2.09. The summed E-state index contributed by atoms with van der Waals surface area (Å²) < 4.78 is 1.57. The summed E-state index contributed by atoms with van der Waals surface area (Å²) in [5.41, 5.74) is 7.75. The smallest absolute Gasteiger partial charge is 0.259 e. The number of rotatable bonds is 4. The second-order valence-corrected chi connectivity index (χ2v) is 5.68. The van der Waals surface area contributed by atoms with Crippen molar-refractivity contribution in [2.75, 3.05) is 5.32 Å². The molecule has 2 heterocycles. The number of amides is 1. The van der Waals surface area contributed by atoms with E-state index in [0.29, 0.717) is 28.5 Å². The minimum absolute atomic E-state index is 0.108. The summed E-state index contributed by atoms with van der Waals surface area (Å²) in [6, 6.07) is 8.46. The quantitative estimate of drug-likeness (QED) is 0.768. The van der Waals surface area contributed by atoms with Crippen molar-refractivity contribution >= 4 is 27.9 Å². The first-order valence-corrected chi connectivity index (χ1v) is 7.53. The monoisotopic (exact) mass is 314 g/mol. The first-order valence-electron chi connectivity index (χ1n) is 6.66. The van der Waals surface area contributed by atoms with Gasteiger partial charge >= 0.3 is 0 Å². The van der Waals surface area contributed by atoms with Crippen molar-refractivity contribution in [3.63, 3.8) is 0 Å². The molecule has 0 unspecified atom stereocenters. The Balaban J connectivity index is 1.89. The molecule has 0 atom stereocenters. The highest BCUT2D eigenvalue weighted by atomic mass is 32.1. The lowest BCUT2D eigenvalue weighted by Crippen LogP contribution is -2.17. The number of thiazole rings is 1. The zero-order valence-electron chi connectivity index (χ0n) is 11.9. The van der Waals surface area contributed by atoms with Crippen molar-refractivity contribution in [2.24, 2.45) is 5.73 Å². The summed E-state index contributed by atoms with van der Waals surface area (Å²) >= 11 is 1.42. The molecule has 0 saturated heterocycles. The number of nitrogens with zero attached hydrogens (tertiary/aromatic N) is 2. The van der Waals surface area contributed by atoms with E-state index in [1.807, 2.05) is 18.4 Å². The molecule has 112 valence electrons. The van der Waals surface area contributed by atoms with Gasteiger partial charge in [0, 0.05) is 22.8 Å². The van der Waals surface area contributed by atoms with Crippen LogP contribution in [-0.4, -0.2) is 15.3 Å². The summed E-state index contributed by atoms with van der Waals surface area (Å²) in [5.74, 6) is -0.500. The molecule has 2 aromatic heterocycles. The van der Waals surface area contributed by atoms with Gasteiger partial charge in [0.2, 0.25) is 0 Å². The van der Waals surface area contributed by atoms with Gasteiger partial charge in [-0.3, -0.25) is 14.0 Å². The van der Waals surface area contributed by atoms with Crippen molar-refractivity contribution in [1.29, 1.82) is 0 Å². The van der Waals surface area contributed by atoms with Crippen LogP contribution >= 0.6 is 11.3 Å². The number of hydrogen-bond acceptors (Lipinski definition) is 5. The number of aromatic nitrogens is 2. The van der Waals surface area contributed by atoms with Crippen molar-refractivity contribution in [2.45, 2.75) is 13.5 Å². The fraction of sp³-hybridized carbons (Fsp3) is 0.133. The molecule has 3 rings (SSSR count). The van der Waals surface area contributed by atoms with Crippen LogP contribution < -0.4 is 16.6 Å². The molecule has 0 radical (unpaired) electrons. The van der Waals surface area contributed by atoms with Crippen LogP contribution in [0.4, 0.5) is 5.69 Å². The Morgan fingerprint density at radius 1 is 1.41 bits per heavy atom. The number of carbonyl (C=O) groups excluding carboxylic acids is 1. The maximum atomic E-state index is 12.1. The number of carbonyl (C=O) groups is 1. The number of nitrogens with one attached hydrogen (secondary N) is 1. The lowest BCUT2D eigenvalue weighted by atomic mass is 10.1. The third-order valence-corrected chi connectivity index (χ3v) is 4.22. The van der Waals surface area contributed by atoms with E-state index in [2.05, 4.69) is 10.3 Å². The Bertz CT molecular complexity index is 913. The number of hydrogen-bond donors (Lipinski definition) is 2. The van der Waals surface area contributed by atoms with Gasteiger partial charge < -0.3 is 11.1 Å².